The predicted octanol–water partition coefficient (Wildman–Crippen LogP) is 3.60. The van der Waals surface area contributed by atoms with Crippen LogP contribution in [0.5, 0.6) is 0 Å². The van der Waals surface area contributed by atoms with Gasteiger partial charge in [0, 0.05) is 0 Å². The number of nitrogens with one attached hydrogen (secondary N) is 1. The van der Waals surface area contributed by atoms with Crippen LogP contribution >= 0.6 is 0 Å². The zero-order valence-corrected chi connectivity index (χ0v) is 11.1. The van der Waals surface area contributed by atoms with Gasteiger partial charge in [-0.05, 0) is 31.9 Å². The molecule has 5 nitrogen and oxygen atoms in total. The number of carbonyl (C=O) groups excluding carboxylic acids is 1. The minimum absolute atomic E-state index is 0.318. The fourth-order valence-electron chi connectivity index (χ4n) is 1.82. The van der Waals surface area contributed by atoms with Gasteiger partial charge in [0.05, 0.1) is 0 Å². The molecule has 1 aromatic carbocycles. The lowest BCUT2D eigenvalue weighted by atomic mass is 10.1. The van der Waals surface area contributed by atoms with Crippen molar-refractivity contribution in [2.75, 3.05) is 5.32 Å². The Morgan fingerprint density at radius 1 is 1.37 bits per heavy atom. The van der Waals surface area contributed by atoms with Crippen molar-refractivity contribution >= 4 is 11.8 Å². The third kappa shape index (κ3) is 3.13. The van der Waals surface area contributed by atoms with Gasteiger partial charge in [0.2, 0.25) is 0 Å². The third-order valence-corrected chi connectivity index (χ3v) is 2.90. The van der Waals surface area contributed by atoms with E-state index in [9.17, 15) is 4.79 Å². The van der Waals surface area contributed by atoms with Gasteiger partial charge in [-0.2, -0.15) is 0 Å². The van der Waals surface area contributed by atoms with Crippen LogP contribution in [0.1, 0.15) is 29.8 Å². The van der Waals surface area contributed by atoms with Gasteiger partial charge in [0.15, 0.2) is 0 Å². The van der Waals surface area contributed by atoms with Crippen LogP contribution in [0.2, 0.25) is 0 Å². The Morgan fingerprint density at radius 2 is 2.11 bits per heavy atom. The quantitative estimate of drug-likeness (QED) is 0.915. The molecule has 1 N–H and O–H groups in total. The molecule has 5 heteroatoms. The Morgan fingerprint density at radius 3 is 2.74 bits per heavy atom. The zero-order valence-electron chi connectivity index (χ0n) is 11.1. The largest absolute Gasteiger partial charge is 0.441 e. The number of aromatic nitrogens is 1. The Kier molecular flexibility index (Phi) is 3.85. The Balaban J connectivity index is 2.00. The van der Waals surface area contributed by atoms with Crippen molar-refractivity contribution in [2.24, 2.45) is 0 Å². The highest BCUT2D eigenvalue weighted by molar-refractivity contribution is 5.85. The molecule has 1 atom stereocenters. The highest BCUT2D eigenvalue weighted by atomic mass is 16.6. The molecule has 19 heavy (non-hydrogen) atoms. The van der Waals surface area contributed by atoms with E-state index in [4.69, 9.17) is 9.26 Å². The first-order valence-electron chi connectivity index (χ1n) is 6.02. The molecule has 1 aromatic heterocycles. The van der Waals surface area contributed by atoms with E-state index in [0.29, 0.717) is 11.4 Å². The summed E-state index contributed by atoms with van der Waals surface area (Å²) in [5.74, 6) is 0. The molecule has 0 fully saturated rings. The highest BCUT2D eigenvalue weighted by Gasteiger charge is 2.15. The molecule has 1 heterocycles. The van der Waals surface area contributed by atoms with Gasteiger partial charge in [-0.1, -0.05) is 29.4 Å². The van der Waals surface area contributed by atoms with E-state index in [1.54, 1.807) is 6.92 Å². The average molecular weight is 260 g/mol. The van der Waals surface area contributed by atoms with Crippen LogP contribution < -0.4 is 5.32 Å². The van der Waals surface area contributed by atoms with Crippen molar-refractivity contribution in [3.05, 3.63) is 47.3 Å². The zero-order chi connectivity index (χ0) is 13.8. The first kappa shape index (κ1) is 13.1. The molecule has 0 bridgehead atoms. The van der Waals surface area contributed by atoms with Crippen LogP contribution in [0, 0.1) is 13.8 Å². The molecule has 2 aromatic rings. The summed E-state index contributed by atoms with van der Waals surface area (Å²) in [6, 6.07) is 7.80. The molecular weight excluding hydrogens is 244 g/mol. The minimum atomic E-state index is -0.526. The van der Waals surface area contributed by atoms with Crippen molar-refractivity contribution < 1.29 is 14.1 Å². The molecule has 0 aliphatic rings. The first-order chi connectivity index (χ1) is 9.08. The summed E-state index contributed by atoms with van der Waals surface area (Å²) in [6.45, 7) is 5.56. The van der Waals surface area contributed by atoms with Gasteiger partial charge in [0.25, 0.3) is 0 Å². The van der Waals surface area contributed by atoms with Crippen LogP contribution in [-0.2, 0) is 4.74 Å². The van der Waals surface area contributed by atoms with Crippen molar-refractivity contribution in [3.63, 3.8) is 0 Å². The number of hydrogen-bond donors (Lipinski definition) is 1. The van der Waals surface area contributed by atoms with Crippen LogP contribution in [-0.4, -0.2) is 11.2 Å². The van der Waals surface area contributed by atoms with E-state index in [2.05, 4.69) is 10.5 Å². The number of hydrogen-bond acceptors (Lipinski definition) is 4. The summed E-state index contributed by atoms with van der Waals surface area (Å²) in [6.07, 6.45) is 0.526. The second-order valence-electron chi connectivity index (χ2n) is 4.34. The molecule has 0 radical (unpaired) electrons. The lowest BCUT2D eigenvalue weighted by molar-refractivity contribution is 0.121. The molecule has 1 amide bonds. The maximum atomic E-state index is 11.8. The highest BCUT2D eigenvalue weighted by Crippen LogP contribution is 2.21. The maximum Gasteiger partial charge on any atom is 0.412 e. The normalized spacial score (nSPS) is 11.9. The van der Waals surface area contributed by atoms with Gasteiger partial charge in [-0.25, -0.2) is 4.79 Å². The van der Waals surface area contributed by atoms with Crippen LogP contribution in [0.15, 0.2) is 35.1 Å². The number of carbonyl (C=O) groups is 1. The lowest BCUT2D eigenvalue weighted by Crippen LogP contribution is -2.16. The van der Waals surface area contributed by atoms with E-state index < -0.39 is 6.09 Å². The molecule has 0 aliphatic carbocycles. The standard InChI is InChI=1S/C14H16N2O3/c1-9-6-4-5-7-12(9)11(3)19-14(17)15-13-8-18-16-10(13)2/h4-8,11H,1-3H3,(H,15,17)/t11-/m1/s1. The molecule has 0 aliphatic heterocycles. The number of ether oxygens (including phenoxy) is 1. The van der Waals surface area contributed by atoms with E-state index in [1.807, 2.05) is 38.1 Å². The van der Waals surface area contributed by atoms with E-state index in [-0.39, 0.29) is 6.10 Å². The third-order valence-electron chi connectivity index (χ3n) is 2.90. The summed E-state index contributed by atoms with van der Waals surface area (Å²) in [7, 11) is 0. The van der Waals surface area contributed by atoms with Crippen molar-refractivity contribution in [3.8, 4) is 0 Å². The van der Waals surface area contributed by atoms with Gasteiger partial charge >= 0.3 is 6.09 Å². The molecule has 0 saturated heterocycles. The fourth-order valence-corrected chi connectivity index (χ4v) is 1.82. The number of benzene rings is 1. The Labute approximate surface area is 111 Å². The van der Waals surface area contributed by atoms with Crippen molar-refractivity contribution in [1.29, 1.82) is 0 Å². The minimum Gasteiger partial charge on any atom is -0.441 e. The molecule has 0 saturated carbocycles. The second kappa shape index (κ2) is 5.56. The van der Waals surface area contributed by atoms with Gasteiger partial charge in [-0.15, -0.1) is 0 Å². The molecular formula is C14H16N2O3. The number of amides is 1. The van der Waals surface area contributed by atoms with Gasteiger partial charge < -0.3 is 9.26 Å². The fraction of sp³-hybridized carbons (Fsp3) is 0.286. The molecule has 100 valence electrons. The van der Waals surface area contributed by atoms with Crippen LogP contribution in [0.4, 0.5) is 10.5 Å². The maximum absolute atomic E-state index is 11.8. The van der Waals surface area contributed by atoms with Crippen molar-refractivity contribution in [2.45, 2.75) is 26.9 Å². The number of anilines is 1. The monoisotopic (exact) mass is 260 g/mol. The van der Waals surface area contributed by atoms with Gasteiger partial charge in [0.1, 0.15) is 23.7 Å². The molecule has 0 spiro atoms. The lowest BCUT2D eigenvalue weighted by Gasteiger charge is -2.15. The van der Waals surface area contributed by atoms with Crippen molar-refractivity contribution in [1.82, 2.24) is 5.16 Å². The second-order valence-corrected chi connectivity index (χ2v) is 4.34. The SMILES string of the molecule is Cc1ccccc1[C@@H](C)OC(=O)Nc1conc1C. The molecule has 0 unspecified atom stereocenters. The average Bonchev–Trinajstić information content (AvgIpc) is 2.75. The predicted molar refractivity (Wildman–Crippen MR) is 70.9 cm³/mol. The molecule has 2 rings (SSSR count). The summed E-state index contributed by atoms with van der Waals surface area (Å²) < 4.78 is 10.1. The smallest absolute Gasteiger partial charge is 0.412 e. The summed E-state index contributed by atoms with van der Waals surface area (Å²) in [4.78, 5) is 11.8. The van der Waals surface area contributed by atoms with E-state index >= 15 is 0 Å². The van der Waals surface area contributed by atoms with E-state index in [0.717, 1.165) is 11.1 Å². The van der Waals surface area contributed by atoms with E-state index in [1.165, 1.54) is 6.26 Å². The Hall–Kier alpha value is -2.30. The number of rotatable bonds is 3. The van der Waals surface area contributed by atoms with Crippen LogP contribution in [0.3, 0.4) is 0 Å². The first-order valence-corrected chi connectivity index (χ1v) is 6.02. The van der Waals surface area contributed by atoms with Gasteiger partial charge in [-0.3, -0.25) is 5.32 Å². The number of aryl methyl sites for hydroxylation is 2. The summed E-state index contributed by atoms with van der Waals surface area (Å²) >= 11 is 0. The topological polar surface area (TPSA) is 64.4 Å². The summed E-state index contributed by atoms with van der Waals surface area (Å²) in [5.41, 5.74) is 3.20. The number of nitrogens with zero attached hydrogens (tertiary/aromatic N) is 1. The van der Waals surface area contributed by atoms with Crippen LogP contribution in [0.25, 0.3) is 0 Å². The Bertz CT molecular complexity index is 578. The summed E-state index contributed by atoms with van der Waals surface area (Å²) in [5, 5.41) is 6.27.